The topological polar surface area (TPSA) is 114 Å². The van der Waals surface area contributed by atoms with Crippen LogP contribution in [0.2, 0.25) is 0 Å². The van der Waals surface area contributed by atoms with Crippen LogP contribution in [-0.4, -0.2) is 43.9 Å². The van der Waals surface area contributed by atoms with Gasteiger partial charge in [0.2, 0.25) is 0 Å². The molecule has 8 nitrogen and oxygen atoms in total. The normalized spacial score (nSPS) is 14.2. The molecule has 1 amide bonds. The largest absolute Gasteiger partial charge is 0.507 e. The van der Waals surface area contributed by atoms with Crippen molar-refractivity contribution >= 4 is 33.0 Å². The van der Waals surface area contributed by atoms with Crippen molar-refractivity contribution < 1.29 is 27.5 Å². The van der Waals surface area contributed by atoms with Gasteiger partial charge >= 0.3 is 11.7 Å². The van der Waals surface area contributed by atoms with Crippen molar-refractivity contribution in [2.45, 2.75) is 13.0 Å². The van der Waals surface area contributed by atoms with Gasteiger partial charge in [-0.1, -0.05) is 12.7 Å². The number of hydrogen-bond donors (Lipinski definition) is 1. The van der Waals surface area contributed by atoms with Gasteiger partial charge < -0.3 is 19.2 Å². The van der Waals surface area contributed by atoms with Gasteiger partial charge in [-0.25, -0.2) is 18.0 Å². The van der Waals surface area contributed by atoms with Crippen molar-refractivity contribution in [3.63, 3.8) is 0 Å². The van der Waals surface area contributed by atoms with E-state index in [1.54, 1.807) is 6.07 Å². The summed E-state index contributed by atoms with van der Waals surface area (Å²) in [7, 11) is -3.44. The van der Waals surface area contributed by atoms with Crippen LogP contribution in [0, 0.1) is 0 Å². The number of ether oxygens (including phenoxy) is 1. The highest BCUT2D eigenvalue weighted by molar-refractivity contribution is 7.93. The molecule has 0 spiro atoms. The molecule has 1 N–H and O–H groups in total. The number of aromatic hydroxyl groups is 1. The zero-order valence-corrected chi connectivity index (χ0v) is 16.0. The molecule has 0 aliphatic carbocycles. The van der Waals surface area contributed by atoms with Gasteiger partial charge in [-0.3, -0.25) is 0 Å². The summed E-state index contributed by atoms with van der Waals surface area (Å²) < 4.78 is 33.2. The van der Waals surface area contributed by atoms with Gasteiger partial charge in [-0.05, 0) is 30.2 Å². The van der Waals surface area contributed by atoms with Crippen molar-refractivity contribution in [2.24, 2.45) is 0 Å². The van der Waals surface area contributed by atoms with E-state index in [2.05, 4.69) is 6.58 Å². The summed E-state index contributed by atoms with van der Waals surface area (Å²) in [5, 5.41) is 11.6. The summed E-state index contributed by atoms with van der Waals surface area (Å²) in [6, 6.07) is 3.02. The van der Waals surface area contributed by atoms with Crippen LogP contribution < -0.4 is 5.63 Å². The second kappa shape index (κ2) is 7.51. The molecule has 148 valence electrons. The number of nitrogens with zero attached hydrogens (tertiary/aromatic N) is 1. The molecule has 1 aromatic heterocycles. The second-order valence-corrected chi connectivity index (χ2v) is 8.32. The van der Waals surface area contributed by atoms with Crippen molar-refractivity contribution in [2.75, 3.05) is 19.4 Å². The zero-order valence-electron chi connectivity index (χ0n) is 15.2. The van der Waals surface area contributed by atoms with Crippen molar-refractivity contribution in [1.82, 2.24) is 4.90 Å². The highest BCUT2D eigenvalue weighted by Crippen LogP contribution is 2.32. The van der Waals surface area contributed by atoms with Gasteiger partial charge in [0.05, 0.1) is 17.7 Å². The Hall–Kier alpha value is -3.07. The Labute approximate surface area is 161 Å². The number of phenolic OH excluding ortho intramolecular Hbond substituents is 1. The van der Waals surface area contributed by atoms with Gasteiger partial charge in [0.15, 0.2) is 9.84 Å². The van der Waals surface area contributed by atoms with E-state index in [-0.39, 0.29) is 30.0 Å². The molecule has 0 radical (unpaired) electrons. The molecule has 1 aromatic carbocycles. The third kappa shape index (κ3) is 3.94. The Morgan fingerprint density at radius 3 is 2.82 bits per heavy atom. The van der Waals surface area contributed by atoms with Gasteiger partial charge in [-0.2, -0.15) is 0 Å². The minimum Gasteiger partial charge on any atom is -0.507 e. The summed E-state index contributed by atoms with van der Waals surface area (Å²) in [4.78, 5) is 26.0. The molecule has 0 unspecified atom stereocenters. The molecule has 0 fully saturated rings. The van der Waals surface area contributed by atoms with E-state index >= 15 is 0 Å². The van der Waals surface area contributed by atoms with Gasteiger partial charge in [0, 0.05) is 23.6 Å². The Bertz CT molecular complexity index is 1150. The molecule has 2 aromatic rings. The molecule has 0 saturated carbocycles. The number of carbonyl (C=O) groups is 1. The van der Waals surface area contributed by atoms with Crippen molar-refractivity contribution in [3.05, 3.63) is 57.3 Å². The number of benzene rings is 1. The lowest BCUT2D eigenvalue weighted by atomic mass is 9.96. The fourth-order valence-corrected chi connectivity index (χ4v) is 3.45. The molecule has 1 aliphatic rings. The minimum absolute atomic E-state index is 0.0406. The molecule has 0 bridgehead atoms. The maximum atomic E-state index is 12.5. The highest BCUT2D eigenvalue weighted by atomic mass is 32.2. The summed E-state index contributed by atoms with van der Waals surface area (Å²) in [5.41, 5.74) is 0.594. The van der Waals surface area contributed by atoms with Crippen LogP contribution in [0.5, 0.6) is 5.75 Å². The van der Waals surface area contributed by atoms with Crippen molar-refractivity contribution in [1.29, 1.82) is 0 Å². The van der Waals surface area contributed by atoms with Crippen LogP contribution in [0.3, 0.4) is 0 Å². The van der Waals surface area contributed by atoms with Crippen LogP contribution in [-0.2, 0) is 27.5 Å². The van der Waals surface area contributed by atoms with Crippen LogP contribution in [0.15, 0.2) is 39.4 Å². The van der Waals surface area contributed by atoms with Gasteiger partial charge in [0.1, 0.15) is 17.9 Å². The van der Waals surface area contributed by atoms with Crippen LogP contribution >= 0.6 is 0 Å². The first-order valence-electron chi connectivity index (χ1n) is 8.42. The number of carbonyl (C=O) groups excluding carboxylic acids is 1. The third-order valence-corrected chi connectivity index (χ3v) is 4.98. The van der Waals surface area contributed by atoms with E-state index in [1.807, 2.05) is 0 Å². The lowest BCUT2D eigenvalue weighted by Crippen LogP contribution is -2.38. The average molecular weight is 405 g/mol. The lowest BCUT2D eigenvalue weighted by Gasteiger charge is -2.27. The fourth-order valence-electron chi connectivity index (χ4n) is 3.07. The first kappa shape index (κ1) is 19.7. The van der Waals surface area contributed by atoms with E-state index < -0.39 is 21.6 Å². The molecule has 3 rings (SSSR count). The monoisotopic (exact) mass is 405 g/mol. The summed E-state index contributed by atoms with van der Waals surface area (Å²) in [6.45, 7) is 3.94. The van der Waals surface area contributed by atoms with Crippen molar-refractivity contribution in [3.8, 4) is 5.75 Å². The SMILES string of the molecule is C=CCOC(=O)N1CCc2c(c(=O)oc3c(C=CS(C)(=O)=O)c(O)ccc23)C1. The van der Waals surface area contributed by atoms with Crippen LogP contribution in [0.1, 0.15) is 16.7 Å². The summed E-state index contributed by atoms with van der Waals surface area (Å²) in [5.74, 6) is -0.207. The van der Waals surface area contributed by atoms with E-state index in [1.165, 1.54) is 23.1 Å². The van der Waals surface area contributed by atoms with E-state index in [4.69, 9.17) is 9.15 Å². The molecule has 9 heteroatoms. The molecule has 2 heterocycles. The maximum absolute atomic E-state index is 12.5. The lowest BCUT2D eigenvalue weighted by molar-refractivity contribution is 0.107. The maximum Gasteiger partial charge on any atom is 0.410 e. The molecule has 0 atom stereocenters. The average Bonchev–Trinajstić information content (AvgIpc) is 2.64. The molecule has 1 aliphatic heterocycles. The van der Waals surface area contributed by atoms with Gasteiger partial charge in [0.25, 0.3) is 0 Å². The Balaban J connectivity index is 2.08. The number of hydrogen-bond acceptors (Lipinski definition) is 7. The van der Waals surface area contributed by atoms with Gasteiger partial charge in [-0.15, -0.1) is 0 Å². The number of phenols is 1. The number of fused-ring (bicyclic) bond motifs is 3. The smallest absolute Gasteiger partial charge is 0.410 e. The van der Waals surface area contributed by atoms with E-state index in [0.29, 0.717) is 29.5 Å². The third-order valence-electron chi connectivity index (χ3n) is 4.35. The first-order chi connectivity index (χ1) is 13.2. The quantitative estimate of drug-likeness (QED) is 0.612. The van der Waals surface area contributed by atoms with E-state index in [0.717, 1.165) is 11.7 Å². The Morgan fingerprint density at radius 1 is 1.39 bits per heavy atom. The Kier molecular flexibility index (Phi) is 5.28. The predicted molar refractivity (Wildman–Crippen MR) is 104 cm³/mol. The van der Waals surface area contributed by atoms with Crippen LogP contribution in [0.25, 0.3) is 17.0 Å². The zero-order chi connectivity index (χ0) is 20.5. The fraction of sp³-hybridized carbons (Fsp3) is 0.263. The van der Waals surface area contributed by atoms with E-state index in [9.17, 15) is 23.1 Å². The Morgan fingerprint density at radius 2 is 2.14 bits per heavy atom. The number of rotatable bonds is 4. The predicted octanol–water partition coefficient (Wildman–Crippen LogP) is 2.19. The molecule has 28 heavy (non-hydrogen) atoms. The summed E-state index contributed by atoms with van der Waals surface area (Å²) >= 11 is 0. The standard InChI is InChI=1S/C19H19NO7S/c1-3-9-26-19(23)20-8-6-12-13-4-5-16(21)14(7-10-28(2,24)25)17(13)27-18(22)15(12)11-20/h3-5,7,10,21H,1,6,8-9,11H2,2H3. The second-order valence-electron chi connectivity index (χ2n) is 6.39. The molecule has 0 saturated heterocycles. The molecular weight excluding hydrogens is 386 g/mol. The minimum atomic E-state index is -3.44. The highest BCUT2D eigenvalue weighted by Gasteiger charge is 2.27. The van der Waals surface area contributed by atoms with Crippen LogP contribution in [0.4, 0.5) is 4.79 Å². The first-order valence-corrected chi connectivity index (χ1v) is 10.4. The summed E-state index contributed by atoms with van der Waals surface area (Å²) in [6.07, 6.45) is 3.51. The molecular formula is C19H19NO7S. The number of amides is 1. The number of sulfone groups is 1.